The van der Waals surface area contributed by atoms with E-state index in [2.05, 4.69) is 86.8 Å². The number of phosphoric acid groups is 1. The molecule has 0 rings (SSSR count). The summed E-state index contributed by atoms with van der Waals surface area (Å²) >= 11 is 0. The third kappa shape index (κ3) is 41.0. The van der Waals surface area contributed by atoms with E-state index >= 15 is 0 Å². The Morgan fingerprint density at radius 2 is 1.09 bits per heavy atom. The molecule has 0 saturated carbocycles. The smallest absolute Gasteiger partial charge is 0.306 e. The highest BCUT2D eigenvalue weighted by Gasteiger charge is 2.20. The maximum atomic E-state index is 12.6. The predicted octanol–water partition coefficient (Wildman–Crippen LogP) is 11.3. The first-order valence-electron chi connectivity index (χ1n) is 20.7. The van der Waals surface area contributed by atoms with Gasteiger partial charge in [0.05, 0.1) is 34.4 Å². The molecule has 0 aromatic rings. The van der Waals surface area contributed by atoms with Crippen molar-refractivity contribution in [1.82, 2.24) is 0 Å². The van der Waals surface area contributed by atoms with Crippen molar-refractivity contribution in [2.45, 2.75) is 148 Å². The summed E-state index contributed by atoms with van der Waals surface area (Å²) in [4.78, 5) is 24.9. The SMILES string of the molecule is CC/C=C\C/C=C\C/C=C\C/C=C\C/C=C\C/C=C\CCCCCOCC(COP(=O)([O-])OCC[N+](C)(C)C)OC(=O)CCCCCCCCCCC. The van der Waals surface area contributed by atoms with Gasteiger partial charge in [-0.05, 0) is 64.2 Å². The number of unbranched alkanes of at least 4 members (excludes halogenated alkanes) is 11. The van der Waals surface area contributed by atoms with Crippen LogP contribution in [0.25, 0.3) is 0 Å². The molecule has 0 aliphatic carbocycles. The fourth-order valence-corrected chi connectivity index (χ4v) is 5.81. The summed E-state index contributed by atoms with van der Waals surface area (Å²) in [5.74, 6) is -0.354. The number of hydrogen-bond donors (Lipinski definition) is 0. The van der Waals surface area contributed by atoms with Crippen molar-refractivity contribution in [3.05, 3.63) is 72.9 Å². The zero-order valence-electron chi connectivity index (χ0n) is 34.4. The van der Waals surface area contributed by atoms with Crippen LogP contribution in [0.1, 0.15) is 142 Å². The van der Waals surface area contributed by atoms with Crippen LogP contribution < -0.4 is 4.89 Å². The fraction of sp³-hybridized carbons (Fsp3) is 0.705. The van der Waals surface area contributed by atoms with Crippen molar-refractivity contribution in [1.29, 1.82) is 0 Å². The average molecular weight is 764 g/mol. The fourth-order valence-electron chi connectivity index (χ4n) is 5.08. The normalized spacial score (nSPS) is 14.6. The number of allylic oxidation sites excluding steroid dienone is 12. The second-order valence-corrected chi connectivity index (χ2v) is 16.0. The van der Waals surface area contributed by atoms with Crippen LogP contribution >= 0.6 is 7.82 Å². The van der Waals surface area contributed by atoms with E-state index in [4.69, 9.17) is 18.5 Å². The topological polar surface area (TPSA) is 94.1 Å². The number of carbonyl (C=O) groups excluding carboxylic acids is 1. The quantitative estimate of drug-likeness (QED) is 0.0204. The zero-order valence-corrected chi connectivity index (χ0v) is 35.3. The van der Waals surface area contributed by atoms with E-state index in [0.717, 1.165) is 83.5 Å². The Hall–Kier alpha value is -2.06. The number of rotatable bonds is 37. The molecule has 306 valence electrons. The zero-order chi connectivity index (χ0) is 39.1. The number of carbonyl (C=O) groups is 1. The highest BCUT2D eigenvalue weighted by atomic mass is 31.2. The van der Waals surface area contributed by atoms with Gasteiger partial charge in [0, 0.05) is 13.0 Å². The van der Waals surface area contributed by atoms with Gasteiger partial charge in [0.1, 0.15) is 19.3 Å². The summed E-state index contributed by atoms with van der Waals surface area (Å²) in [7, 11) is 1.32. The molecule has 9 heteroatoms. The Kier molecular flexibility index (Phi) is 35.5. The maximum Gasteiger partial charge on any atom is 0.306 e. The van der Waals surface area contributed by atoms with Crippen LogP contribution in [0.4, 0.5) is 0 Å². The van der Waals surface area contributed by atoms with Gasteiger partial charge in [0.25, 0.3) is 7.82 Å². The van der Waals surface area contributed by atoms with Crippen LogP contribution in [0.3, 0.4) is 0 Å². The number of esters is 1. The Labute approximate surface area is 325 Å². The van der Waals surface area contributed by atoms with E-state index < -0.39 is 13.9 Å². The minimum absolute atomic E-state index is 0.0163. The van der Waals surface area contributed by atoms with Crippen LogP contribution in [0.2, 0.25) is 0 Å². The van der Waals surface area contributed by atoms with Crippen LogP contribution in [0, 0.1) is 0 Å². The lowest BCUT2D eigenvalue weighted by atomic mass is 10.1. The van der Waals surface area contributed by atoms with Crippen molar-refractivity contribution in [2.24, 2.45) is 0 Å². The van der Waals surface area contributed by atoms with Crippen molar-refractivity contribution in [3.8, 4) is 0 Å². The molecule has 0 radical (unpaired) electrons. The molecule has 0 fully saturated rings. The lowest BCUT2D eigenvalue weighted by molar-refractivity contribution is -0.870. The number of phosphoric ester groups is 1. The highest BCUT2D eigenvalue weighted by Crippen LogP contribution is 2.38. The van der Waals surface area contributed by atoms with E-state index in [-0.39, 0.29) is 25.8 Å². The summed E-state index contributed by atoms with van der Waals surface area (Å²) in [5, 5.41) is 0. The number of likely N-dealkylation sites (N-methyl/N-ethyl adjacent to an activating group) is 1. The monoisotopic (exact) mass is 764 g/mol. The van der Waals surface area contributed by atoms with E-state index in [0.29, 0.717) is 24.1 Å². The summed E-state index contributed by atoms with van der Waals surface area (Å²) in [6.07, 6.45) is 46.4. The lowest BCUT2D eigenvalue weighted by Gasteiger charge is -2.28. The highest BCUT2D eigenvalue weighted by molar-refractivity contribution is 7.45. The van der Waals surface area contributed by atoms with Gasteiger partial charge in [-0.3, -0.25) is 9.36 Å². The molecule has 0 aliphatic heterocycles. The van der Waals surface area contributed by atoms with Gasteiger partial charge in [0.15, 0.2) is 0 Å². The van der Waals surface area contributed by atoms with Crippen LogP contribution in [0.5, 0.6) is 0 Å². The van der Waals surface area contributed by atoms with Gasteiger partial charge in [-0.2, -0.15) is 0 Å². The van der Waals surface area contributed by atoms with Gasteiger partial charge in [-0.1, -0.05) is 145 Å². The molecule has 0 aliphatic rings. The first kappa shape index (κ1) is 50.9. The summed E-state index contributed by atoms with van der Waals surface area (Å²) in [6.45, 7) is 5.16. The molecule has 0 amide bonds. The van der Waals surface area contributed by atoms with Crippen LogP contribution in [0.15, 0.2) is 72.9 Å². The standard InChI is InChI=1S/C44H78NO7P/c1-6-8-10-12-14-16-17-18-19-20-21-22-23-24-25-26-27-28-30-32-34-36-39-49-41-43(42-51-53(47,48)50-40-38-45(3,4)5)52-44(46)37-35-33-31-29-15-13-11-9-7-2/h8,10,14,16,18-19,21-22,24-25,27-28,43H,6-7,9,11-13,15,17,20,23,26,29-42H2,1-5H3/b10-8-,16-14-,19-18-,22-21-,25-24-,28-27-. The van der Waals surface area contributed by atoms with E-state index in [1.54, 1.807) is 0 Å². The largest absolute Gasteiger partial charge is 0.756 e. The third-order valence-corrected chi connectivity index (χ3v) is 9.24. The first-order chi connectivity index (χ1) is 25.6. The number of quaternary nitrogens is 1. The molecular formula is C44H78NO7P. The molecule has 0 aromatic heterocycles. The van der Waals surface area contributed by atoms with Crippen molar-refractivity contribution < 1.29 is 37.3 Å². The van der Waals surface area contributed by atoms with Gasteiger partial charge in [0.2, 0.25) is 0 Å². The van der Waals surface area contributed by atoms with Gasteiger partial charge in [-0.15, -0.1) is 0 Å². The van der Waals surface area contributed by atoms with E-state index in [1.807, 2.05) is 21.1 Å². The summed E-state index contributed by atoms with van der Waals surface area (Å²) in [6, 6.07) is 0. The van der Waals surface area contributed by atoms with Crippen LogP contribution in [-0.4, -0.2) is 70.7 Å². The van der Waals surface area contributed by atoms with Crippen molar-refractivity contribution in [3.63, 3.8) is 0 Å². The molecule has 0 spiro atoms. The molecule has 53 heavy (non-hydrogen) atoms. The van der Waals surface area contributed by atoms with E-state index in [9.17, 15) is 14.3 Å². The predicted molar refractivity (Wildman–Crippen MR) is 222 cm³/mol. The number of hydrogen-bond acceptors (Lipinski definition) is 7. The first-order valence-corrected chi connectivity index (χ1v) is 22.1. The molecule has 2 unspecified atom stereocenters. The maximum absolute atomic E-state index is 12.6. The molecule has 0 bridgehead atoms. The molecule has 8 nitrogen and oxygen atoms in total. The minimum Gasteiger partial charge on any atom is -0.756 e. The van der Waals surface area contributed by atoms with Gasteiger partial charge < -0.3 is 27.9 Å². The molecular weight excluding hydrogens is 685 g/mol. The molecule has 0 heterocycles. The summed E-state index contributed by atoms with van der Waals surface area (Å²) in [5.41, 5.74) is 0. The second kappa shape index (κ2) is 36.9. The van der Waals surface area contributed by atoms with Gasteiger partial charge in [-0.25, -0.2) is 0 Å². The Morgan fingerprint density at radius 1 is 0.604 bits per heavy atom. The molecule has 0 N–H and O–H groups in total. The van der Waals surface area contributed by atoms with Crippen LogP contribution in [-0.2, 0) is 27.9 Å². The Morgan fingerprint density at radius 3 is 1.62 bits per heavy atom. The lowest BCUT2D eigenvalue weighted by Crippen LogP contribution is -2.37. The molecule has 0 saturated heterocycles. The molecule has 2 atom stereocenters. The Balaban J connectivity index is 4.28. The van der Waals surface area contributed by atoms with Crippen molar-refractivity contribution in [2.75, 3.05) is 54.1 Å². The van der Waals surface area contributed by atoms with Crippen molar-refractivity contribution >= 4 is 13.8 Å². The number of ether oxygens (including phenoxy) is 2. The van der Waals surface area contributed by atoms with Gasteiger partial charge >= 0.3 is 5.97 Å². The second-order valence-electron chi connectivity index (χ2n) is 14.6. The minimum atomic E-state index is -4.53. The Bertz CT molecular complexity index is 1070. The third-order valence-electron chi connectivity index (χ3n) is 8.27. The van der Waals surface area contributed by atoms with E-state index in [1.165, 1.54) is 38.5 Å². The summed E-state index contributed by atoms with van der Waals surface area (Å²) < 4.78 is 34.4. The average Bonchev–Trinajstić information content (AvgIpc) is 3.11. The molecule has 0 aromatic carbocycles. The number of nitrogens with zero attached hydrogens (tertiary/aromatic N) is 1.